The first-order chi connectivity index (χ1) is 5.24. The van der Waals surface area contributed by atoms with Crippen LogP contribution in [0.25, 0.3) is 0 Å². The van der Waals surface area contributed by atoms with Gasteiger partial charge >= 0.3 is 5.97 Å². The molecule has 2 atom stereocenters. The van der Waals surface area contributed by atoms with Gasteiger partial charge in [-0.25, -0.2) is 4.79 Å². The summed E-state index contributed by atoms with van der Waals surface area (Å²) in [4.78, 5) is 11.0. The average molecular weight is 175 g/mol. The van der Waals surface area contributed by atoms with Crippen LogP contribution in [0.2, 0.25) is 0 Å². The van der Waals surface area contributed by atoms with Crippen LogP contribution in [0.1, 0.15) is 27.7 Å². The van der Waals surface area contributed by atoms with E-state index in [1.807, 2.05) is 0 Å². The molecule has 0 aromatic rings. The molecule has 0 bridgehead atoms. The number of hydrogen-bond donors (Lipinski definition) is 2. The number of aliphatic hydroxyl groups excluding tert-OH is 1. The summed E-state index contributed by atoms with van der Waals surface area (Å²) in [6.45, 7) is 6.75. The van der Waals surface area contributed by atoms with Crippen molar-refractivity contribution in [3.63, 3.8) is 0 Å². The molecule has 4 nitrogen and oxygen atoms in total. The van der Waals surface area contributed by atoms with Gasteiger partial charge in [0.05, 0.1) is 0 Å². The molecule has 0 aliphatic heterocycles. The van der Waals surface area contributed by atoms with Crippen molar-refractivity contribution in [1.82, 2.24) is 0 Å². The quantitative estimate of drug-likeness (QED) is 0.581. The van der Waals surface area contributed by atoms with E-state index in [9.17, 15) is 4.79 Å². The smallest absolute Gasteiger partial charge is 0.337 e. The first-order valence-corrected chi connectivity index (χ1v) is 3.90. The summed E-state index contributed by atoms with van der Waals surface area (Å²) in [6, 6.07) is -0.597. The minimum atomic E-state index is -1.23. The minimum absolute atomic E-state index is 0.576. The SMILES string of the molecule is C[C@@H](N)[C@H](O)C(=O)OC(C)(C)C. The van der Waals surface area contributed by atoms with Crippen LogP contribution in [0.15, 0.2) is 0 Å². The Morgan fingerprint density at radius 3 is 2.17 bits per heavy atom. The Morgan fingerprint density at radius 1 is 1.50 bits per heavy atom. The first kappa shape index (κ1) is 11.4. The molecule has 0 aromatic heterocycles. The predicted molar refractivity (Wildman–Crippen MR) is 45.5 cm³/mol. The van der Waals surface area contributed by atoms with Gasteiger partial charge in [0.25, 0.3) is 0 Å². The Morgan fingerprint density at radius 2 is 1.92 bits per heavy atom. The number of rotatable bonds is 2. The number of carbonyl (C=O) groups is 1. The van der Waals surface area contributed by atoms with Gasteiger partial charge in [0.1, 0.15) is 5.60 Å². The van der Waals surface area contributed by atoms with Gasteiger partial charge in [0.15, 0.2) is 6.10 Å². The number of nitrogens with two attached hydrogens (primary N) is 1. The summed E-state index contributed by atoms with van der Waals surface area (Å²) < 4.78 is 4.89. The zero-order valence-electron chi connectivity index (χ0n) is 8.00. The van der Waals surface area contributed by atoms with Crippen molar-refractivity contribution >= 4 is 5.97 Å². The summed E-state index contributed by atoms with van der Waals surface area (Å²) in [5.41, 5.74) is 4.73. The van der Waals surface area contributed by atoms with E-state index >= 15 is 0 Å². The van der Waals surface area contributed by atoms with Gasteiger partial charge in [-0.15, -0.1) is 0 Å². The maximum absolute atomic E-state index is 11.0. The van der Waals surface area contributed by atoms with E-state index in [1.54, 1.807) is 27.7 Å². The largest absolute Gasteiger partial charge is 0.458 e. The molecule has 0 aliphatic carbocycles. The monoisotopic (exact) mass is 175 g/mol. The van der Waals surface area contributed by atoms with Crippen LogP contribution in [-0.4, -0.2) is 28.8 Å². The fourth-order valence-electron chi connectivity index (χ4n) is 0.577. The van der Waals surface area contributed by atoms with Crippen LogP contribution in [0, 0.1) is 0 Å². The van der Waals surface area contributed by atoms with Gasteiger partial charge < -0.3 is 15.6 Å². The summed E-state index contributed by atoms with van der Waals surface area (Å²) >= 11 is 0. The summed E-state index contributed by atoms with van der Waals surface area (Å²) in [5.74, 6) is -0.669. The lowest BCUT2D eigenvalue weighted by Crippen LogP contribution is -2.42. The second-order valence-corrected chi connectivity index (χ2v) is 3.84. The van der Waals surface area contributed by atoms with Gasteiger partial charge in [-0.2, -0.15) is 0 Å². The maximum atomic E-state index is 11.0. The molecule has 4 heteroatoms. The van der Waals surface area contributed by atoms with Crippen molar-refractivity contribution in [2.75, 3.05) is 0 Å². The molecule has 0 saturated heterocycles. The van der Waals surface area contributed by atoms with Crippen LogP contribution in [-0.2, 0) is 9.53 Å². The summed E-state index contributed by atoms with van der Waals surface area (Å²) in [5, 5.41) is 9.16. The van der Waals surface area contributed by atoms with E-state index in [4.69, 9.17) is 15.6 Å². The standard InChI is InChI=1S/C8H17NO3/c1-5(9)6(10)7(11)12-8(2,3)4/h5-6,10H,9H2,1-4H3/t5-,6+/m1/s1. The lowest BCUT2D eigenvalue weighted by atomic mass is 10.1. The molecule has 0 aromatic carbocycles. The number of ether oxygens (including phenoxy) is 1. The third-order valence-electron chi connectivity index (χ3n) is 1.15. The Labute approximate surface area is 72.7 Å². The molecular weight excluding hydrogens is 158 g/mol. The van der Waals surface area contributed by atoms with Crippen LogP contribution in [0.3, 0.4) is 0 Å². The van der Waals surface area contributed by atoms with Gasteiger partial charge in [0.2, 0.25) is 0 Å². The van der Waals surface area contributed by atoms with Crippen LogP contribution in [0.4, 0.5) is 0 Å². The molecule has 0 radical (unpaired) electrons. The number of esters is 1. The molecule has 0 spiro atoms. The zero-order chi connectivity index (χ0) is 9.94. The van der Waals surface area contributed by atoms with Crippen molar-refractivity contribution in [1.29, 1.82) is 0 Å². The lowest BCUT2D eigenvalue weighted by molar-refractivity contribution is -0.165. The molecule has 0 amide bonds. The third-order valence-corrected chi connectivity index (χ3v) is 1.15. The third kappa shape index (κ3) is 4.31. The van der Waals surface area contributed by atoms with Crippen LogP contribution < -0.4 is 5.73 Å². The highest BCUT2D eigenvalue weighted by Crippen LogP contribution is 2.08. The molecule has 0 rings (SSSR count). The molecule has 0 heterocycles. The normalized spacial score (nSPS) is 16.8. The average Bonchev–Trinajstić information content (AvgIpc) is 1.82. The number of hydrogen-bond acceptors (Lipinski definition) is 4. The van der Waals surface area contributed by atoms with Crippen LogP contribution >= 0.6 is 0 Å². The van der Waals surface area contributed by atoms with Gasteiger partial charge in [-0.05, 0) is 27.7 Å². The fraction of sp³-hybridized carbons (Fsp3) is 0.875. The Bertz CT molecular complexity index is 160. The van der Waals surface area contributed by atoms with E-state index in [0.717, 1.165) is 0 Å². The molecular formula is C8H17NO3. The van der Waals surface area contributed by atoms with E-state index in [1.165, 1.54) is 0 Å². The Kier molecular flexibility index (Phi) is 3.67. The zero-order valence-corrected chi connectivity index (χ0v) is 8.00. The second kappa shape index (κ2) is 3.87. The molecule has 0 fully saturated rings. The Balaban J connectivity index is 4.05. The molecule has 0 aliphatic rings. The first-order valence-electron chi connectivity index (χ1n) is 3.90. The highest BCUT2D eigenvalue weighted by molar-refractivity contribution is 5.75. The van der Waals surface area contributed by atoms with Crippen molar-refractivity contribution in [2.45, 2.75) is 45.4 Å². The van der Waals surface area contributed by atoms with Crippen molar-refractivity contribution in [2.24, 2.45) is 5.73 Å². The van der Waals surface area contributed by atoms with Crippen molar-refractivity contribution in [3.8, 4) is 0 Å². The molecule has 0 saturated carbocycles. The predicted octanol–water partition coefficient (Wildman–Crippen LogP) is 0.0362. The maximum Gasteiger partial charge on any atom is 0.337 e. The van der Waals surface area contributed by atoms with Gasteiger partial charge in [0, 0.05) is 6.04 Å². The topological polar surface area (TPSA) is 72.5 Å². The summed E-state index contributed by atoms with van der Waals surface area (Å²) in [6.07, 6.45) is -1.23. The minimum Gasteiger partial charge on any atom is -0.458 e. The van der Waals surface area contributed by atoms with Gasteiger partial charge in [-0.3, -0.25) is 0 Å². The molecule has 12 heavy (non-hydrogen) atoms. The van der Waals surface area contributed by atoms with Crippen molar-refractivity contribution in [3.05, 3.63) is 0 Å². The number of aliphatic hydroxyl groups is 1. The van der Waals surface area contributed by atoms with Crippen LogP contribution in [0.5, 0.6) is 0 Å². The van der Waals surface area contributed by atoms with E-state index in [0.29, 0.717) is 0 Å². The lowest BCUT2D eigenvalue weighted by Gasteiger charge is -2.22. The van der Waals surface area contributed by atoms with Gasteiger partial charge in [-0.1, -0.05) is 0 Å². The van der Waals surface area contributed by atoms with E-state index in [2.05, 4.69) is 0 Å². The fourth-order valence-corrected chi connectivity index (χ4v) is 0.577. The second-order valence-electron chi connectivity index (χ2n) is 3.84. The van der Waals surface area contributed by atoms with Crippen molar-refractivity contribution < 1.29 is 14.6 Å². The molecule has 72 valence electrons. The van der Waals surface area contributed by atoms with E-state index < -0.39 is 23.7 Å². The highest BCUT2D eigenvalue weighted by atomic mass is 16.6. The van der Waals surface area contributed by atoms with E-state index in [-0.39, 0.29) is 0 Å². The Hall–Kier alpha value is -0.610. The summed E-state index contributed by atoms with van der Waals surface area (Å²) in [7, 11) is 0. The number of carbonyl (C=O) groups excluding carboxylic acids is 1. The molecule has 3 N–H and O–H groups in total. The highest BCUT2D eigenvalue weighted by Gasteiger charge is 2.25. The molecule has 0 unspecified atom stereocenters.